The first-order valence-corrected chi connectivity index (χ1v) is 8.74. The van der Waals surface area contributed by atoms with Crippen LogP contribution < -0.4 is 20.1 Å². The number of benzene rings is 2. The molecule has 2 aromatic rings. The topological polar surface area (TPSA) is 76.7 Å². The monoisotopic (exact) mass is 352 g/mol. The summed E-state index contributed by atoms with van der Waals surface area (Å²) in [5.41, 5.74) is 1.26. The maximum atomic E-state index is 12.6. The summed E-state index contributed by atoms with van der Waals surface area (Å²) in [4.78, 5) is 24.5. The van der Waals surface area contributed by atoms with Crippen LogP contribution in [0.3, 0.4) is 0 Å². The standard InChI is InChI=1S/C20H20N2O4/c1-12-18(26-17-8-3-2-7-16(17)25-12)20(24)22-15-6-4-5-14(11-15)21-19(23)13-9-10-13/h2-8,11-13,18H,9-10H2,1H3,(H,21,23)(H,22,24). The molecule has 2 N–H and O–H groups in total. The average molecular weight is 352 g/mol. The van der Waals surface area contributed by atoms with E-state index >= 15 is 0 Å². The second kappa shape index (κ2) is 6.71. The predicted molar refractivity (Wildman–Crippen MR) is 97.4 cm³/mol. The minimum atomic E-state index is -0.755. The van der Waals surface area contributed by atoms with Gasteiger partial charge < -0.3 is 20.1 Å². The Bertz CT molecular complexity index is 847. The fourth-order valence-electron chi connectivity index (χ4n) is 2.88. The number of para-hydroxylation sites is 2. The van der Waals surface area contributed by atoms with Crippen LogP contribution in [-0.2, 0) is 9.59 Å². The van der Waals surface area contributed by atoms with Crippen molar-refractivity contribution in [1.82, 2.24) is 0 Å². The average Bonchev–Trinajstić information content (AvgIpc) is 3.46. The van der Waals surface area contributed by atoms with E-state index in [2.05, 4.69) is 10.6 Å². The van der Waals surface area contributed by atoms with Crippen molar-refractivity contribution in [2.75, 3.05) is 10.6 Å². The Morgan fingerprint density at radius 3 is 2.15 bits per heavy atom. The molecule has 2 unspecified atom stereocenters. The van der Waals surface area contributed by atoms with Crippen molar-refractivity contribution in [2.45, 2.75) is 32.0 Å². The van der Waals surface area contributed by atoms with Gasteiger partial charge >= 0.3 is 0 Å². The van der Waals surface area contributed by atoms with Gasteiger partial charge in [0.15, 0.2) is 11.5 Å². The highest BCUT2D eigenvalue weighted by Gasteiger charge is 2.34. The second-order valence-electron chi connectivity index (χ2n) is 6.64. The van der Waals surface area contributed by atoms with E-state index in [0.717, 1.165) is 12.8 Å². The first-order valence-electron chi connectivity index (χ1n) is 8.74. The highest BCUT2D eigenvalue weighted by atomic mass is 16.6. The smallest absolute Gasteiger partial charge is 0.269 e. The predicted octanol–water partition coefficient (Wildman–Crippen LogP) is 3.20. The van der Waals surface area contributed by atoms with Crippen molar-refractivity contribution >= 4 is 23.2 Å². The van der Waals surface area contributed by atoms with Gasteiger partial charge in [-0.1, -0.05) is 18.2 Å². The highest BCUT2D eigenvalue weighted by molar-refractivity contribution is 5.97. The molecular formula is C20H20N2O4. The zero-order chi connectivity index (χ0) is 18.1. The number of ether oxygens (including phenoxy) is 2. The van der Waals surface area contributed by atoms with E-state index in [9.17, 15) is 9.59 Å². The number of fused-ring (bicyclic) bond motifs is 1. The summed E-state index contributed by atoms with van der Waals surface area (Å²) in [6.07, 6.45) is 0.721. The Balaban J connectivity index is 1.44. The molecule has 1 heterocycles. The second-order valence-corrected chi connectivity index (χ2v) is 6.64. The third kappa shape index (κ3) is 3.49. The molecule has 1 fully saturated rings. The van der Waals surface area contributed by atoms with E-state index in [4.69, 9.17) is 9.47 Å². The van der Waals surface area contributed by atoms with E-state index in [1.165, 1.54) is 0 Å². The number of rotatable bonds is 4. The van der Waals surface area contributed by atoms with Crippen LogP contribution >= 0.6 is 0 Å². The number of amides is 2. The maximum absolute atomic E-state index is 12.6. The molecule has 2 amide bonds. The van der Waals surface area contributed by atoms with Crippen molar-refractivity contribution in [2.24, 2.45) is 5.92 Å². The zero-order valence-corrected chi connectivity index (χ0v) is 14.4. The SMILES string of the molecule is CC1Oc2ccccc2OC1C(=O)Nc1cccc(NC(=O)C2CC2)c1. The fraction of sp³-hybridized carbons (Fsp3) is 0.300. The molecular weight excluding hydrogens is 332 g/mol. The van der Waals surface area contributed by atoms with Crippen LogP contribution in [0.2, 0.25) is 0 Å². The van der Waals surface area contributed by atoms with Gasteiger partial charge in [0, 0.05) is 17.3 Å². The van der Waals surface area contributed by atoms with Crippen LogP contribution in [0.15, 0.2) is 48.5 Å². The summed E-state index contributed by atoms with van der Waals surface area (Å²) in [7, 11) is 0. The van der Waals surface area contributed by atoms with Crippen molar-refractivity contribution in [1.29, 1.82) is 0 Å². The van der Waals surface area contributed by atoms with E-state index < -0.39 is 12.2 Å². The molecule has 1 saturated carbocycles. The molecule has 0 radical (unpaired) electrons. The molecule has 2 atom stereocenters. The summed E-state index contributed by atoms with van der Waals surface area (Å²) in [5.74, 6) is 1.05. The zero-order valence-electron chi connectivity index (χ0n) is 14.4. The van der Waals surface area contributed by atoms with Gasteiger partial charge in [-0.3, -0.25) is 9.59 Å². The van der Waals surface area contributed by atoms with Crippen molar-refractivity contribution < 1.29 is 19.1 Å². The molecule has 6 nitrogen and oxygen atoms in total. The normalized spacial score (nSPS) is 21.0. The third-order valence-electron chi connectivity index (χ3n) is 4.45. The van der Waals surface area contributed by atoms with Crippen molar-refractivity contribution in [3.8, 4) is 11.5 Å². The summed E-state index contributed by atoms with van der Waals surface area (Å²) in [5, 5.41) is 5.71. The van der Waals surface area contributed by atoms with Gasteiger partial charge in [0.1, 0.15) is 6.10 Å². The molecule has 0 spiro atoms. The van der Waals surface area contributed by atoms with E-state index in [1.54, 1.807) is 37.3 Å². The van der Waals surface area contributed by atoms with Gasteiger partial charge in [-0.25, -0.2) is 0 Å². The Hall–Kier alpha value is -3.02. The Morgan fingerprint density at radius 1 is 0.885 bits per heavy atom. The fourth-order valence-corrected chi connectivity index (χ4v) is 2.88. The Morgan fingerprint density at radius 2 is 1.50 bits per heavy atom. The molecule has 0 bridgehead atoms. The molecule has 2 aromatic carbocycles. The first-order chi connectivity index (χ1) is 12.6. The molecule has 6 heteroatoms. The van der Waals surface area contributed by atoms with Gasteiger partial charge in [-0.2, -0.15) is 0 Å². The van der Waals surface area contributed by atoms with Crippen LogP contribution in [0.25, 0.3) is 0 Å². The maximum Gasteiger partial charge on any atom is 0.269 e. The number of nitrogens with one attached hydrogen (secondary N) is 2. The van der Waals surface area contributed by atoms with Crippen LogP contribution in [-0.4, -0.2) is 24.0 Å². The first kappa shape index (κ1) is 16.4. The van der Waals surface area contributed by atoms with Gasteiger partial charge in [-0.15, -0.1) is 0 Å². The van der Waals surface area contributed by atoms with Gasteiger partial charge in [0.2, 0.25) is 12.0 Å². The van der Waals surface area contributed by atoms with Gasteiger partial charge in [0.05, 0.1) is 0 Å². The van der Waals surface area contributed by atoms with Crippen molar-refractivity contribution in [3.05, 3.63) is 48.5 Å². The Kier molecular flexibility index (Phi) is 4.24. The highest BCUT2D eigenvalue weighted by Crippen LogP contribution is 2.34. The molecule has 26 heavy (non-hydrogen) atoms. The number of anilines is 2. The van der Waals surface area contributed by atoms with Crippen LogP contribution in [0.4, 0.5) is 11.4 Å². The number of carbonyl (C=O) groups excluding carboxylic acids is 2. The molecule has 1 aliphatic carbocycles. The lowest BCUT2D eigenvalue weighted by atomic mass is 10.1. The summed E-state index contributed by atoms with van der Waals surface area (Å²) in [6.45, 7) is 1.80. The molecule has 0 saturated heterocycles. The third-order valence-corrected chi connectivity index (χ3v) is 4.45. The van der Waals surface area contributed by atoms with Crippen molar-refractivity contribution in [3.63, 3.8) is 0 Å². The summed E-state index contributed by atoms with van der Waals surface area (Å²) < 4.78 is 11.6. The van der Waals surface area contributed by atoms with Crippen LogP contribution in [0.1, 0.15) is 19.8 Å². The largest absolute Gasteiger partial charge is 0.482 e. The van der Waals surface area contributed by atoms with Crippen LogP contribution in [0.5, 0.6) is 11.5 Å². The van der Waals surface area contributed by atoms with Gasteiger partial charge in [-0.05, 0) is 50.1 Å². The van der Waals surface area contributed by atoms with E-state index in [1.807, 2.05) is 18.2 Å². The lowest BCUT2D eigenvalue weighted by molar-refractivity contribution is -0.128. The number of hydrogen-bond acceptors (Lipinski definition) is 4. The molecule has 0 aromatic heterocycles. The number of hydrogen-bond donors (Lipinski definition) is 2. The van der Waals surface area contributed by atoms with E-state index in [0.29, 0.717) is 22.9 Å². The molecule has 134 valence electrons. The molecule has 4 rings (SSSR count). The minimum absolute atomic E-state index is 0.0303. The lowest BCUT2D eigenvalue weighted by Crippen LogP contribution is -2.46. The number of carbonyl (C=O) groups is 2. The summed E-state index contributed by atoms with van der Waals surface area (Å²) >= 11 is 0. The van der Waals surface area contributed by atoms with E-state index in [-0.39, 0.29) is 17.7 Å². The molecule has 1 aliphatic heterocycles. The summed E-state index contributed by atoms with van der Waals surface area (Å²) in [6, 6.07) is 14.4. The van der Waals surface area contributed by atoms with Gasteiger partial charge in [0.25, 0.3) is 5.91 Å². The van der Waals surface area contributed by atoms with Crippen LogP contribution in [0, 0.1) is 5.92 Å². The Labute approximate surface area is 151 Å². The minimum Gasteiger partial charge on any atom is -0.482 e. The quantitative estimate of drug-likeness (QED) is 0.886. The lowest BCUT2D eigenvalue weighted by Gasteiger charge is -2.31. The molecule has 2 aliphatic rings.